The average Bonchev–Trinajstić information content (AvgIpc) is 2.84. The lowest BCUT2D eigenvalue weighted by atomic mass is 10.2. The van der Waals surface area contributed by atoms with E-state index in [9.17, 15) is 14.4 Å². The number of esters is 1. The van der Waals surface area contributed by atoms with Gasteiger partial charge in [-0.3, -0.25) is 14.3 Å². The lowest BCUT2D eigenvalue weighted by molar-refractivity contribution is -0.119. The van der Waals surface area contributed by atoms with E-state index in [4.69, 9.17) is 4.74 Å². The van der Waals surface area contributed by atoms with Crippen LogP contribution >= 0.6 is 0 Å². The Hall–Kier alpha value is -3.16. The Morgan fingerprint density at radius 1 is 1.24 bits per heavy atom. The van der Waals surface area contributed by atoms with Gasteiger partial charge in [0.1, 0.15) is 5.56 Å². The molecule has 132 valence electrons. The number of nitrogens with zero attached hydrogens (tertiary/aromatic N) is 2. The van der Waals surface area contributed by atoms with Gasteiger partial charge in [0.2, 0.25) is 0 Å². The number of hydrogen-bond donors (Lipinski definition) is 2. The van der Waals surface area contributed by atoms with Crippen molar-refractivity contribution in [1.82, 2.24) is 15.1 Å². The number of ether oxygens (including phenoxy) is 1. The summed E-state index contributed by atoms with van der Waals surface area (Å²) >= 11 is 0. The summed E-state index contributed by atoms with van der Waals surface area (Å²) in [6, 6.07) is 6.45. The number of aromatic nitrogens is 2. The highest BCUT2D eigenvalue weighted by Crippen LogP contribution is 2.14. The molecule has 25 heavy (non-hydrogen) atoms. The number of carbonyl (C=O) groups is 3. The summed E-state index contributed by atoms with van der Waals surface area (Å²) in [6.07, 6.45) is 0. The molecule has 2 N–H and O–H groups in total. The van der Waals surface area contributed by atoms with Crippen molar-refractivity contribution >= 4 is 23.5 Å². The molecule has 0 saturated carbocycles. The Labute approximate surface area is 145 Å². The molecule has 0 radical (unpaired) electrons. The number of anilines is 1. The van der Waals surface area contributed by atoms with Crippen molar-refractivity contribution < 1.29 is 19.1 Å². The predicted molar refractivity (Wildman–Crippen MR) is 91.4 cm³/mol. The molecule has 0 aliphatic rings. The highest BCUT2D eigenvalue weighted by Gasteiger charge is 2.19. The molecule has 2 amide bonds. The van der Waals surface area contributed by atoms with Gasteiger partial charge in [-0.25, -0.2) is 4.79 Å². The largest absolute Gasteiger partial charge is 0.452 e. The number of carbonyl (C=O) groups excluding carboxylic acids is 3. The first-order chi connectivity index (χ1) is 11.8. The third-order valence-corrected chi connectivity index (χ3v) is 3.68. The first-order valence-electron chi connectivity index (χ1n) is 7.62. The molecule has 0 bridgehead atoms. The topological polar surface area (TPSA) is 102 Å². The van der Waals surface area contributed by atoms with Crippen molar-refractivity contribution in [3.8, 4) is 0 Å². The second-order valence-corrected chi connectivity index (χ2v) is 5.45. The molecule has 0 spiro atoms. The van der Waals surface area contributed by atoms with Crippen LogP contribution in [0.3, 0.4) is 0 Å². The standard InChI is InChI=1S/C17H20N4O4/c1-10-15(11(2)21(4)20-10)17(24)25-9-14(22)19-13-7-5-6-12(8-13)16(23)18-3/h5-8H,9H2,1-4H3,(H,18,23)(H,19,22). The van der Waals surface area contributed by atoms with E-state index in [0.29, 0.717) is 28.2 Å². The van der Waals surface area contributed by atoms with Crippen LogP contribution in [0.4, 0.5) is 5.69 Å². The van der Waals surface area contributed by atoms with Crippen LogP contribution in [0, 0.1) is 13.8 Å². The van der Waals surface area contributed by atoms with E-state index in [1.807, 2.05) is 0 Å². The van der Waals surface area contributed by atoms with Gasteiger partial charge in [-0.15, -0.1) is 0 Å². The van der Waals surface area contributed by atoms with Crippen LogP contribution in [-0.4, -0.2) is 41.2 Å². The third-order valence-electron chi connectivity index (χ3n) is 3.68. The molecule has 8 heteroatoms. The Bertz CT molecular complexity index is 826. The van der Waals surface area contributed by atoms with Crippen LogP contribution in [0.1, 0.15) is 32.1 Å². The van der Waals surface area contributed by atoms with Crippen LogP contribution in [0.15, 0.2) is 24.3 Å². The number of nitrogens with one attached hydrogen (secondary N) is 2. The summed E-state index contributed by atoms with van der Waals surface area (Å²) in [5.74, 6) is -1.36. The van der Waals surface area contributed by atoms with Crippen LogP contribution in [0.2, 0.25) is 0 Å². The monoisotopic (exact) mass is 344 g/mol. The van der Waals surface area contributed by atoms with Gasteiger partial charge in [0.25, 0.3) is 11.8 Å². The molecule has 0 unspecified atom stereocenters. The number of rotatable bonds is 5. The zero-order valence-corrected chi connectivity index (χ0v) is 14.5. The first kappa shape index (κ1) is 18.2. The second-order valence-electron chi connectivity index (χ2n) is 5.45. The highest BCUT2D eigenvalue weighted by molar-refractivity contribution is 5.98. The van der Waals surface area contributed by atoms with E-state index in [0.717, 1.165) is 0 Å². The zero-order valence-electron chi connectivity index (χ0n) is 14.5. The molecular formula is C17H20N4O4. The smallest absolute Gasteiger partial charge is 0.342 e. The molecule has 2 rings (SSSR count). The SMILES string of the molecule is CNC(=O)c1cccc(NC(=O)COC(=O)c2c(C)nn(C)c2C)c1. The van der Waals surface area contributed by atoms with Crippen molar-refractivity contribution in [3.63, 3.8) is 0 Å². The van der Waals surface area contributed by atoms with Gasteiger partial charge in [-0.2, -0.15) is 5.10 Å². The van der Waals surface area contributed by atoms with Crippen molar-refractivity contribution in [2.75, 3.05) is 19.0 Å². The maximum absolute atomic E-state index is 12.1. The van der Waals surface area contributed by atoms with Crippen molar-refractivity contribution in [1.29, 1.82) is 0 Å². The van der Waals surface area contributed by atoms with Crippen molar-refractivity contribution in [3.05, 3.63) is 46.8 Å². The van der Waals surface area contributed by atoms with Crippen LogP contribution in [0.5, 0.6) is 0 Å². The first-order valence-corrected chi connectivity index (χ1v) is 7.62. The Kier molecular flexibility index (Phi) is 5.53. The van der Waals surface area contributed by atoms with E-state index >= 15 is 0 Å². The normalized spacial score (nSPS) is 10.2. The minimum atomic E-state index is -0.600. The molecule has 0 saturated heterocycles. The van der Waals surface area contributed by atoms with E-state index < -0.39 is 18.5 Å². The van der Waals surface area contributed by atoms with Gasteiger partial charge in [0.15, 0.2) is 6.61 Å². The lowest BCUT2D eigenvalue weighted by Crippen LogP contribution is -2.22. The molecule has 0 fully saturated rings. The van der Waals surface area contributed by atoms with E-state index in [1.165, 1.54) is 13.1 Å². The fourth-order valence-corrected chi connectivity index (χ4v) is 2.35. The average molecular weight is 344 g/mol. The molecule has 0 aliphatic heterocycles. The van der Waals surface area contributed by atoms with Gasteiger partial charge < -0.3 is 15.4 Å². The maximum atomic E-state index is 12.1. The molecule has 8 nitrogen and oxygen atoms in total. The predicted octanol–water partition coefficient (Wildman–Crippen LogP) is 1.19. The van der Waals surface area contributed by atoms with Gasteiger partial charge in [-0.1, -0.05) is 6.07 Å². The van der Waals surface area contributed by atoms with E-state index in [2.05, 4.69) is 15.7 Å². The van der Waals surface area contributed by atoms with Gasteiger partial charge in [0.05, 0.1) is 5.69 Å². The lowest BCUT2D eigenvalue weighted by Gasteiger charge is -2.08. The van der Waals surface area contributed by atoms with Gasteiger partial charge >= 0.3 is 5.97 Å². The van der Waals surface area contributed by atoms with Gasteiger partial charge in [-0.05, 0) is 32.0 Å². The number of amides is 2. The Morgan fingerprint density at radius 2 is 1.96 bits per heavy atom. The summed E-state index contributed by atoms with van der Waals surface area (Å²) in [4.78, 5) is 35.7. The Balaban J connectivity index is 1.97. The number of hydrogen-bond acceptors (Lipinski definition) is 5. The summed E-state index contributed by atoms with van der Waals surface area (Å²) < 4.78 is 6.63. The van der Waals surface area contributed by atoms with E-state index in [1.54, 1.807) is 43.8 Å². The fraction of sp³-hybridized carbons (Fsp3) is 0.294. The van der Waals surface area contributed by atoms with Gasteiger partial charge in [0, 0.05) is 31.0 Å². The highest BCUT2D eigenvalue weighted by atomic mass is 16.5. The van der Waals surface area contributed by atoms with Crippen LogP contribution in [0.25, 0.3) is 0 Å². The molecule has 1 aromatic carbocycles. The minimum absolute atomic E-state index is 0.259. The Morgan fingerprint density at radius 3 is 2.56 bits per heavy atom. The molecular weight excluding hydrogens is 324 g/mol. The minimum Gasteiger partial charge on any atom is -0.452 e. The van der Waals surface area contributed by atoms with Crippen LogP contribution < -0.4 is 10.6 Å². The zero-order chi connectivity index (χ0) is 18.6. The molecule has 1 heterocycles. The molecule has 0 atom stereocenters. The number of benzene rings is 1. The fourth-order valence-electron chi connectivity index (χ4n) is 2.35. The quantitative estimate of drug-likeness (QED) is 0.793. The second kappa shape index (κ2) is 7.61. The summed E-state index contributed by atoms with van der Waals surface area (Å²) in [7, 11) is 3.25. The van der Waals surface area contributed by atoms with E-state index in [-0.39, 0.29) is 5.91 Å². The third kappa shape index (κ3) is 4.23. The van der Waals surface area contributed by atoms with Crippen LogP contribution in [-0.2, 0) is 16.6 Å². The van der Waals surface area contributed by atoms with Crippen molar-refractivity contribution in [2.24, 2.45) is 7.05 Å². The summed E-state index contributed by atoms with van der Waals surface area (Å²) in [5, 5.41) is 9.23. The molecule has 2 aromatic rings. The van der Waals surface area contributed by atoms with Crippen molar-refractivity contribution in [2.45, 2.75) is 13.8 Å². The molecule has 0 aliphatic carbocycles. The number of aryl methyl sites for hydroxylation is 2. The summed E-state index contributed by atoms with van der Waals surface area (Å²) in [5.41, 5.74) is 2.43. The maximum Gasteiger partial charge on any atom is 0.342 e. The summed E-state index contributed by atoms with van der Waals surface area (Å²) in [6.45, 7) is 3.02. The molecule has 1 aromatic heterocycles.